The van der Waals surface area contributed by atoms with Crippen LogP contribution in [-0.2, 0) is 19.3 Å². The minimum atomic E-state index is -3.78. The van der Waals surface area contributed by atoms with Gasteiger partial charge in [0.05, 0.1) is 0 Å². The molecule has 1 aliphatic heterocycles. The maximum atomic E-state index is 11.8. The normalized spacial score (nSPS) is 17.5. The number of nitrogens with zero attached hydrogens (tertiary/aromatic N) is 1. The molecule has 1 aliphatic rings. The Bertz CT molecular complexity index is 348. The van der Waals surface area contributed by atoms with E-state index in [1.165, 1.54) is 0 Å². The Kier molecular flexibility index (Phi) is 6.59. The van der Waals surface area contributed by atoms with Gasteiger partial charge in [0.2, 0.25) is 5.91 Å². The third-order valence-electron chi connectivity index (χ3n) is 2.83. The van der Waals surface area contributed by atoms with Gasteiger partial charge in [0.15, 0.2) is 0 Å². The van der Waals surface area contributed by atoms with Gasteiger partial charge < -0.3 is 4.90 Å². The minimum absolute atomic E-state index is 0.251. The predicted octanol–water partition coefficient (Wildman–Crippen LogP) is 0.650. The zero-order chi connectivity index (χ0) is 13.4. The zero-order valence-electron chi connectivity index (χ0n) is 10.9. The summed E-state index contributed by atoms with van der Waals surface area (Å²) in [4.78, 5) is 13.5. The van der Waals surface area contributed by atoms with Crippen molar-refractivity contribution in [2.75, 3.05) is 26.2 Å². The van der Waals surface area contributed by atoms with Crippen LogP contribution in [-0.4, -0.2) is 45.5 Å². The molecule has 7 heteroatoms. The van der Waals surface area contributed by atoms with E-state index >= 15 is 0 Å². The molecule has 1 amide bonds. The molecule has 18 heavy (non-hydrogen) atoms. The van der Waals surface area contributed by atoms with Gasteiger partial charge in [-0.1, -0.05) is 19.8 Å². The Morgan fingerprint density at radius 3 is 2.39 bits per heavy atom. The standard InChI is InChI=1S/C11H22N2O4S/c1-2-7-12-18(15,16)17-10-11(14)13-8-5-3-4-6-9-13/h12H,2-10H2,1H3. The van der Waals surface area contributed by atoms with Gasteiger partial charge >= 0.3 is 10.3 Å². The van der Waals surface area contributed by atoms with E-state index in [9.17, 15) is 13.2 Å². The molecule has 1 saturated heterocycles. The smallest absolute Gasteiger partial charge is 0.336 e. The number of rotatable bonds is 6. The van der Waals surface area contributed by atoms with E-state index < -0.39 is 16.9 Å². The molecule has 1 fully saturated rings. The highest BCUT2D eigenvalue weighted by Crippen LogP contribution is 2.09. The van der Waals surface area contributed by atoms with Crippen molar-refractivity contribution in [3.05, 3.63) is 0 Å². The van der Waals surface area contributed by atoms with Crippen LogP contribution in [0.4, 0.5) is 0 Å². The monoisotopic (exact) mass is 278 g/mol. The Labute approximate surface area is 109 Å². The molecule has 0 saturated carbocycles. The molecule has 0 bridgehead atoms. The van der Waals surface area contributed by atoms with Gasteiger partial charge in [-0.25, -0.2) is 4.18 Å². The summed E-state index contributed by atoms with van der Waals surface area (Å²) in [5, 5.41) is 0. The van der Waals surface area contributed by atoms with Crippen LogP contribution in [0.5, 0.6) is 0 Å². The maximum Gasteiger partial charge on any atom is 0.336 e. The molecule has 1 N–H and O–H groups in total. The third kappa shape index (κ3) is 5.79. The number of hydrogen-bond donors (Lipinski definition) is 1. The first-order chi connectivity index (χ1) is 8.55. The second-order valence-corrected chi connectivity index (χ2v) is 5.84. The first-order valence-electron chi connectivity index (χ1n) is 6.47. The molecular weight excluding hydrogens is 256 g/mol. The van der Waals surface area contributed by atoms with Crippen molar-refractivity contribution < 1.29 is 17.4 Å². The summed E-state index contributed by atoms with van der Waals surface area (Å²) in [5.41, 5.74) is 0. The van der Waals surface area contributed by atoms with Crippen LogP contribution < -0.4 is 4.72 Å². The highest BCUT2D eigenvalue weighted by atomic mass is 32.2. The van der Waals surface area contributed by atoms with Crippen LogP contribution in [0.15, 0.2) is 0 Å². The lowest BCUT2D eigenvalue weighted by molar-refractivity contribution is -0.133. The van der Waals surface area contributed by atoms with Gasteiger partial charge in [-0.2, -0.15) is 13.1 Å². The first-order valence-corrected chi connectivity index (χ1v) is 7.88. The fraction of sp³-hybridized carbons (Fsp3) is 0.909. The number of carbonyl (C=O) groups excluding carboxylic acids is 1. The molecule has 0 aromatic heterocycles. The molecule has 0 atom stereocenters. The number of amides is 1. The molecule has 0 spiro atoms. The van der Waals surface area contributed by atoms with Crippen LogP contribution in [0.1, 0.15) is 39.0 Å². The van der Waals surface area contributed by atoms with Crippen molar-refractivity contribution in [1.82, 2.24) is 9.62 Å². The largest absolute Gasteiger partial charge is 0.341 e. The molecule has 0 unspecified atom stereocenters. The first kappa shape index (κ1) is 15.4. The minimum Gasteiger partial charge on any atom is -0.341 e. The number of carbonyl (C=O) groups is 1. The highest BCUT2D eigenvalue weighted by molar-refractivity contribution is 7.84. The van der Waals surface area contributed by atoms with Crippen molar-refractivity contribution in [2.24, 2.45) is 0 Å². The van der Waals surface area contributed by atoms with Gasteiger partial charge in [-0.15, -0.1) is 0 Å². The van der Waals surface area contributed by atoms with Gasteiger partial charge in [0.25, 0.3) is 0 Å². The molecule has 0 aliphatic carbocycles. The van der Waals surface area contributed by atoms with Crippen molar-refractivity contribution in [3.8, 4) is 0 Å². The van der Waals surface area contributed by atoms with E-state index in [2.05, 4.69) is 8.91 Å². The summed E-state index contributed by atoms with van der Waals surface area (Å²) in [5.74, 6) is -0.251. The lowest BCUT2D eigenvalue weighted by Crippen LogP contribution is -2.37. The lowest BCUT2D eigenvalue weighted by Gasteiger charge is -2.19. The maximum absolute atomic E-state index is 11.8. The quantitative estimate of drug-likeness (QED) is 0.774. The summed E-state index contributed by atoms with van der Waals surface area (Å²) >= 11 is 0. The van der Waals surface area contributed by atoms with E-state index in [0.717, 1.165) is 25.7 Å². The van der Waals surface area contributed by atoms with Crippen molar-refractivity contribution >= 4 is 16.2 Å². The number of likely N-dealkylation sites (tertiary alicyclic amines) is 1. The molecule has 0 radical (unpaired) electrons. The summed E-state index contributed by atoms with van der Waals surface area (Å²) in [6.45, 7) is 3.17. The molecule has 106 valence electrons. The Hall–Kier alpha value is -0.660. The van der Waals surface area contributed by atoms with Crippen molar-refractivity contribution in [1.29, 1.82) is 0 Å². The fourth-order valence-corrected chi connectivity index (χ4v) is 2.60. The molecule has 1 rings (SSSR count). The predicted molar refractivity (Wildman–Crippen MR) is 68.2 cm³/mol. The average molecular weight is 278 g/mol. The van der Waals surface area contributed by atoms with Gasteiger partial charge in [0.1, 0.15) is 6.61 Å². The van der Waals surface area contributed by atoms with Crippen LogP contribution >= 0.6 is 0 Å². The second-order valence-electron chi connectivity index (χ2n) is 4.41. The Morgan fingerprint density at radius 2 is 1.83 bits per heavy atom. The number of hydrogen-bond acceptors (Lipinski definition) is 4. The summed E-state index contributed by atoms with van der Waals surface area (Å²) in [7, 11) is -3.78. The summed E-state index contributed by atoms with van der Waals surface area (Å²) in [6.07, 6.45) is 4.89. The van der Waals surface area contributed by atoms with Crippen LogP contribution in [0.25, 0.3) is 0 Å². The molecule has 6 nitrogen and oxygen atoms in total. The third-order valence-corrected chi connectivity index (χ3v) is 3.81. The van der Waals surface area contributed by atoms with Crippen molar-refractivity contribution in [3.63, 3.8) is 0 Å². The second kappa shape index (κ2) is 7.70. The zero-order valence-corrected chi connectivity index (χ0v) is 11.7. The molecular formula is C11H22N2O4S. The van der Waals surface area contributed by atoms with Gasteiger partial charge in [-0.3, -0.25) is 4.79 Å². The topological polar surface area (TPSA) is 75.7 Å². The Morgan fingerprint density at radius 1 is 1.22 bits per heavy atom. The van der Waals surface area contributed by atoms with E-state index in [4.69, 9.17) is 0 Å². The molecule has 1 heterocycles. The van der Waals surface area contributed by atoms with Crippen LogP contribution in [0.2, 0.25) is 0 Å². The summed E-state index contributed by atoms with van der Waals surface area (Å²) in [6, 6.07) is 0. The van der Waals surface area contributed by atoms with Crippen LogP contribution in [0.3, 0.4) is 0 Å². The van der Waals surface area contributed by atoms with Crippen LogP contribution in [0, 0.1) is 0 Å². The van der Waals surface area contributed by atoms with E-state index in [0.29, 0.717) is 26.1 Å². The SMILES string of the molecule is CCCNS(=O)(=O)OCC(=O)N1CCCCCC1. The van der Waals surface area contributed by atoms with Gasteiger partial charge in [-0.05, 0) is 19.3 Å². The molecule has 0 aromatic rings. The van der Waals surface area contributed by atoms with Crippen molar-refractivity contribution in [2.45, 2.75) is 39.0 Å². The average Bonchev–Trinajstić information content (AvgIpc) is 2.62. The Balaban J connectivity index is 2.35. The van der Waals surface area contributed by atoms with E-state index in [1.807, 2.05) is 6.92 Å². The van der Waals surface area contributed by atoms with E-state index in [-0.39, 0.29) is 5.91 Å². The molecule has 0 aromatic carbocycles. The fourth-order valence-electron chi connectivity index (χ4n) is 1.81. The summed E-state index contributed by atoms with van der Waals surface area (Å²) < 4.78 is 29.6. The van der Waals surface area contributed by atoms with E-state index in [1.54, 1.807) is 4.90 Å². The van der Waals surface area contributed by atoms with Gasteiger partial charge in [0, 0.05) is 19.6 Å². The highest BCUT2D eigenvalue weighted by Gasteiger charge is 2.18. The number of nitrogens with one attached hydrogen (secondary N) is 1. The lowest BCUT2D eigenvalue weighted by atomic mass is 10.2.